The number of carbonyl (C=O) groups is 1. The van der Waals surface area contributed by atoms with Crippen molar-refractivity contribution in [3.8, 4) is 11.4 Å². The van der Waals surface area contributed by atoms with E-state index in [-0.39, 0.29) is 6.03 Å². The average Bonchev–Trinajstić information content (AvgIpc) is 2.63. The molecular formula is C19H19N5O. The van der Waals surface area contributed by atoms with Gasteiger partial charge in [0.05, 0.1) is 0 Å². The van der Waals surface area contributed by atoms with Gasteiger partial charge in [0.25, 0.3) is 0 Å². The van der Waals surface area contributed by atoms with Crippen molar-refractivity contribution < 1.29 is 4.79 Å². The van der Waals surface area contributed by atoms with Crippen LogP contribution in [0, 0.1) is 0 Å². The summed E-state index contributed by atoms with van der Waals surface area (Å²) >= 11 is 0. The molecule has 0 bridgehead atoms. The van der Waals surface area contributed by atoms with Gasteiger partial charge in [0.1, 0.15) is 11.6 Å². The fraction of sp³-hybridized carbons (Fsp3) is 0.105. The maximum atomic E-state index is 11.8. The molecule has 0 aliphatic carbocycles. The van der Waals surface area contributed by atoms with E-state index in [0.29, 0.717) is 24.0 Å². The fourth-order valence-corrected chi connectivity index (χ4v) is 2.28. The molecule has 126 valence electrons. The third kappa shape index (κ3) is 4.54. The molecule has 2 amide bonds. The summed E-state index contributed by atoms with van der Waals surface area (Å²) in [7, 11) is 0. The van der Waals surface area contributed by atoms with E-state index in [4.69, 9.17) is 0 Å². The first-order valence-electron chi connectivity index (χ1n) is 8.06. The first kappa shape index (κ1) is 16.4. The molecule has 2 aromatic carbocycles. The minimum Gasteiger partial charge on any atom is -0.340 e. The number of benzene rings is 2. The molecule has 3 aromatic rings. The molecule has 0 spiro atoms. The van der Waals surface area contributed by atoms with Gasteiger partial charge in [0, 0.05) is 23.9 Å². The lowest BCUT2D eigenvalue weighted by atomic mass is 10.2. The highest BCUT2D eigenvalue weighted by Crippen LogP contribution is 2.22. The quantitative estimate of drug-likeness (QED) is 0.659. The van der Waals surface area contributed by atoms with Crippen LogP contribution in [0.25, 0.3) is 11.4 Å². The Morgan fingerprint density at radius 2 is 1.56 bits per heavy atom. The van der Waals surface area contributed by atoms with E-state index in [1.807, 2.05) is 67.6 Å². The summed E-state index contributed by atoms with van der Waals surface area (Å²) in [4.78, 5) is 20.8. The van der Waals surface area contributed by atoms with Crippen molar-refractivity contribution in [2.24, 2.45) is 0 Å². The largest absolute Gasteiger partial charge is 0.340 e. The summed E-state index contributed by atoms with van der Waals surface area (Å²) in [5.41, 5.74) is 1.78. The SMILES string of the molecule is CCNC(=O)Nc1cc(Nc2ccccc2)nc(-c2ccccc2)n1. The molecule has 3 rings (SSSR count). The molecule has 1 aromatic heterocycles. The lowest BCUT2D eigenvalue weighted by molar-refractivity contribution is 0.252. The van der Waals surface area contributed by atoms with Gasteiger partial charge in [-0.05, 0) is 19.1 Å². The van der Waals surface area contributed by atoms with Gasteiger partial charge in [-0.1, -0.05) is 48.5 Å². The van der Waals surface area contributed by atoms with Crippen LogP contribution in [0.1, 0.15) is 6.92 Å². The third-order valence-electron chi connectivity index (χ3n) is 3.38. The molecule has 0 aliphatic heterocycles. The number of rotatable bonds is 5. The summed E-state index contributed by atoms with van der Waals surface area (Å²) in [6.07, 6.45) is 0. The molecule has 1 heterocycles. The average molecular weight is 333 g/mol. The Morgan fingerprint density at radius 3 is 2.24 bits per heavy atom. The van der Waals surface area contributed by atoms with E-state index in [0.717, 1.165) is 11.3 Å². The maximum absolute atomic E-state index is 11.8. The van der Waals surface area contributed by atoms with Gasteiger partial charge in [-0.3, -0.25) is 5.32 Å². The number of aromatic nitrogens is 2. The van der Waals surface area contributed by atoms with E-state index in [1.165, 1.54) is 0 Å². The van der Waals surface area contributed by atoms with E-state index in [2.05, 4.69) is 25.9 Å². The van der Waals surface area contributed by atoms with Crippen LogP contribution in [-0.2, 0) is 0 Å². The van der Waals surface area contributed by atoms with Gasteiger partial charge in [-0.15, -0.1) is 0 Å². The summed E-state index contributed by atoms with van der Waals surface area (Å²) in [5, 5.41) is 8.67. The molecule has 25 heavy (non-hydrogen) atoms. The van der Waals surface area contributed by atoms with Crippen LogP contribution >= 0.6 is 0 Å². The number of amides is 2. The van der Waals surface area contributed by atoms with Crippen molar-refractivity contribution in [3.63, 3.8) is 0 Å². The van der Waals surface area contributed by atoms with Gasteiger partial charge in [-0.25, -0.2) is 14.8 Å². The Balaban J connectivity index is 1.94. The molecule has 0 unspecified atom stereocenters. The van der Waals surface area contributed by atoms with Gasteiger partial charge in [0.2, 0.25) is 0 Å². The van der Waals surface area contributed by atoms with Crippen molar-refractivity contribution in [2.45, 2.75) is 6.92 Å². The van der Waals surface area contributed by atoms with Crippen molar-refractivity contribution >= 4 is 23.4 Å². The maximum Gasteiger partial charge on any atom is 0.320 e. The number of nitrogens with one attached hydrogen (secondary N) is 3. The van der Waals surface area contributed by atoms with Gasteiger partial charge in [-0.2, -0.15) is 0 Å². The molecule has 0 aliphatic rings. The fourth-order valence-electron chi connectivity index (χ4n) is 2.28. The lowest BCUT2D eigenvalue weighted by Crippen LogP contribution is -2.28. The van der Waals surface area contributed by atoms with E-state index in [9.17, 15) is 4.79 Å². The van der Waals surface area contributed by atoms with Crippen LogP contribution < -0.4 is 16.0 Å². The summed E-state index contributed by atoms with van der Waals surface area (Å²) in [6.45, 7) is 2.40. The zero-order chi connectivity index (χ0) is 17.5. The predicted molar refractivity (Wildman–Crippen MR) is 99.9 cm³/mol. The number of para-hydroxylation sites is 1. The second kappa shape index (κ2) is 7.92. The summed E-state index contributed by atoms with van der Waals surface area (Å²) in [6, 6.07) is 20.8. The molecule has 0 atom stereocenters. The number of hydrogen-bond acceptors (Lipinski definition) is 4. The number of anilines is 3. The monoisotopic (exact) mass is 333 g/mol. The number of carbonyl (C=O) groups excluding carboxylic acids is 1. The second-order valence-corrected chi connectivity index (χ2v) is 5.30. The lowest BCUT2D eigenvalue weighted by Gasteiger charge is -2.11. The van der Waals surface area contributed by atoms with Crippen LogP contribution in [-0.4, -0.2) is 22.5 Å². The standard InChI is InChI=1S/C19H19N5O/c1-2-20-19(25)24-17-13-16(21-15-11-7-4-8-12-15)22-18(23-17)14-9-5-3-6-10-14/h3-13H,2H2,1H3,(H3,20,21,22,23,24,25). The van der Waals surface area contributed by atoms with Crippen LogP contribution in [0.3, 0.4) is 0 Å². The zero-order valence-corrected chi connectivity index (χ0v) is 13.9. The summed E-state index contributed by atoms with van der Waals surface area (Å²) in [5.74, 6) is 1.57. The molecule has 0 saturated carbocycles. The minimum atomic E-state index is -0.300. The topological polar surface area (TPSA) is 78.9 Å². The number of hydrogen-bond donors (Lipinski definition) is 3. The summed E-state index contributed by atoms with van der Waals surface area (Å²) < 4.78 is 0. The first-order chi connectivity index (χ1) is 12.2. The van der Waals surface area contributed by atoms with Crippen LogP contribution in [0.2, 0.25) is 0 Å². The van der Waals surface area contributed by atoms with Crippen molar-refractivity contribution in [1.82, 2.24) is 15.3 Å². The molecule has 0 radical (unpaired) electrons. The molecule has 6 nitrogen and oxygen atoms in total. The van der Waals surface area contributed by atoms with E-state index in [1.54, 1.807) is 6.07 Å². The zero-order valence-electron chi connectivity index (χ0n) is 13.9. The highest BCUT2D eigenvalue weighted by atomic mass is 16.2. The molecule has 3 N–H and O–H groups in total. The second-order valence-electron chi connectivity index (χ2n) is 5.30. The molecule has 6 heteroatoms. The molecule has 0 fully saturated rings. The Labute approximate surface area is 146 Å². The van der Waals surface area contributed by atoms with Gasteiger partial charge < -0.3 is 10.6 Å². The predicted octanol–water partition coefficient (Wildman–Crippen LogP) is 4.03. The minimum absolute atomic E-state index is 0.300. The Bertz CT molecular complexity index is 837. The normalized spacial score (nSPS) is 10.1. The smallest absolute Gasteiger partial charge is 0.320 e. The van der Waals surface area contributed by atoms with Gasteiger partial charge in [0.15, 0.2) is 5.82 Å². The number of nitrogens with zero attached hydrogens (tertiary/aromatic N) is 2. The number of urea groups is 1. The molecular weight excluding hydrogens is 314 g/mol. The van der Waals surface area contributed by atoms with E-state index >= 15 is 0 Å². The van der Waals surface area contributed by atoms with Crippen molar-refractivity contribution in [1.29, 1.82) is 0 Å². The van der Waals surface area contributed by atoms with Crippen LogP contribution in [0.5, 0.6) is 0 Å². The first-order valence-corrected chi connectivity index (χ1v) is 8.06. The van der Waals surface area contributed by atoms with Crippen LogP contribution in [0.4, 0.5) is 22.1 Å². The third-order valence-corrected chi connectivity index (χ3v) is 3.38. The van der Waals surface area contributed by atoms with Crippen molar-refractivity contribution in [3.05, 3.63) is 66.7 Å². The Morgan fingerprint density at radius 1 is 0.920 bits per heavy atom. The van der Waals surface area contributed by atoms with Crippen molar-refractivity contribution in [2.75, 3.05) is 17.2 Å². The highest BCUT2D eigenvalue weighted by molar-refractivity contribution is 5.89. The van der Waals surface area contributed by atoms with Gasteiger partial charge >= 0.3 is 6.03 Å². The molecule has 0 saturated heterocycles. The highest BCUT2D eigenvalue weighted by Gasteiger charge is 2.09. The van der Waals surface area contributed by atoms with E-state index < -0.39 is 0 Å². The Hall–Kier alpha value is -3.41. The Kier molecular flexibility index (Phi) is 5.21. The van der Waals surface area contributed by atoms with Crippen LogP contribution in [0.15, 0.2) is 66.7 Å².